The van der Waals surface area contributed by atoms with E-state index in [0.29, 0.717) is 26.1 Å². The zero-order valence-electron chi connectivity index (χ0n) is 18.9. The highest BCUT2D eigenvalue weighted by Gasteiger charge is 2.23. The predicted molar refractivity (Wildman–Crippen MR) is 125 cm³/mol. The van der Waals surface area contributed by atoms with Gasteiger partial charge in [-0.15, -0.1) is 0 Å². The van der Waals surface area contributed by atoms with Crippen molar-refractivity contribution in [3.8, 4) is 11.5 Å². The molecule has 2 aromatic carbocycles. The van der Waals surface area contributed by atoms with Crippen LogP contribution in [0.1, 0.15) is 51.7 Å². The minimum absolute atomic E-state index is 0.0667. The van der Waals surface area contributed by atoms with E-state index in [1.54, 1.807) is 24.3 Å². The van der Waals surface area contributed by atoms with Crippen LogP contribution in [0.25, 0.3) is 0 Å². The van der Waals surface area contributed by atoms with Crippen LogP contribution in [-0.4, -0.2) is 24.8 Å². The van der Waals surface area contributed by atoms with Gasteiger partial charge < -0.3 is 9.47 Å². The van der Waals surface area contributed by atoms with E-state index in [-0.39, 0.29) is 17.0 Å². The average Bonchev–Trinajstić information content (AvgIpc) is 2.75. The smallest absolute Gasteiger partial charge is 0.158 e. The fourth-order valence-corrected chi connectivity index (χ4v) is 3.18. The quantitative estimate of drug-likeness (QED) is 0.405. The standard InChI is InChI=1S/C27H32O4/c1-5-7-23(28)17-19-30-25-13-9-21(10-14-25)27(3,4)22-11-15-26(16-12-22)31-20-18-24(29)8-6-2/h5-16H,17-20H2,1-4H3. The summed E-state index contributed by atoms with van der Waals surface area (Å²) in [6.07, 6.45) is 7.35. The molecule has 0 unspecified atom stereocenters. The van der Waals surface area contributed by atoms with E-state index in [1.807, 2.05) is 38.1 Å². The predicted octanol–water partition coefficient (Wildman–Crippen LogP) is 5.84. The monoisotopic (exact) mass is 420 g/mol. The molecule has 164 valence electrons. The summed E-state index contributed by atoms with van der Waals surface area (Å²) >= 11 is 0. The number of carbonyl (C=O) groups is 2. The third kappa shape index (κ3) is 7.56. The zero-order chi connectivity index (χ0) is 22.7. The van der Waals surface area contributed by atoms with Crippen LogP contribution in [0.2, 0.25) is 0 Å². The van der Waals surface area contributed by atoms with Crippen molar-refractivity contribution in [2.24, 2.45) is 0 Å². The molecule has 0 N–H and O–H groups in total. The summed E-state index contributed by atoms with van der Waals surface area (Å²) in [5.41, 5.74) is 2.13. The number of hydrogen-bond acceptors (Lipinski definition) is 4. The Morgan fingerprint density at radius 3 is 1.39 bits per heavy atom. The summed E-state index contributed by atoms with van der Waals surface area (Å²) < 4.78 is 11.4. The molecule has 0 aliphatic rings. The van der Waals surface area contributed by atoms with E-state index in [1.165, 1.54) is 0 Å². The molecule has 4 nitrogen and oxygen atoms in total. The van der Waals surface area contributed by atoms with Gasteiger partial charge in [0.2, 0.25) is 0 Å². The minimum Gasteiger partial charge on any atom is -0.493 e. The molecular formula is C27H32O4. The summed E-state index contributed by atoms with van der Waals surface area (Å²) in [7, 11) is 0. The second-order valence-corrected chi connectivity index (χ2v) is 7.80. The van der Waals surface area contributed by atoms with E-state index >= 15 is 0 Å². The number of allylic oxidation sites excluding steroid dienone is 4. The summed E-state index contributed by atoms with van der Waals surface area (Å²) in [6, 6.07) is 16.0. The van der Waals surface area contributed by atoms with Crippen LogP contribution in [0.5, 0.6) is 11.5 Å². The molecule has 0 aliphatic heterocycles. The lowest BCUT2D eigenvalue weighted by Crippen LogP contribution is -2.18. The Labute approximate surface area is 185 Å². The molecular weight excluding hydrogens is 388 g/mol. The first-order valence-corrected chi connectivity index (χ1v) is 10.6. The second-order valence-electron chi connectivity index (χ2n) is 7.80. The molecule has 0 heterocycles. The Kier molecular flexibility index (Phi) is 9.26. The number of benzene rings is 2. The van der Waals surface area contributed by atoms with Crippen molar-refractivity contribution in [1.82, 2.24) is 0 Å². The first-order valence-electron chi connectivity index (χ1n) is 10.6. The first-order chi connectivity index (χ1) is 14.9. The van der Waals surface area contributed by atoms with E-state index in [0.717, 1.165) is 22.6 Å². The molecule has 0 aromatic heterocycles. The Morgan fingerprint density at radius 2 is 1.06 bits per heavy atom. The lowest BCUT2D eigenvalue weighted by Gasteiger charge is -2.26. The van der Waals surface area contributed by atoms with Gasteiger partial charge in [-0.1, -0.05) is 50.3 Å². The van der Waals surface area contributed by atoms with E-state index in [9.17, 15) is 9.59 Å². The van der Waals surface area contributed by atoms with Crippen LogP contribution >= 0.6 is 0 Å². The molecule has 0 radical (unpaired) electrons. The highest BCUT2D eigenvalue weighted by atomic mass is 16.5. The SMILES string of the molecule is CC=CC(=O)CCOc1ccc(C(C)(C)c2ccc(OCCC(=O)C=CC)cc2)cc1. The molecule has 0 amide bonds. The Hall–Kier alpha value is -3.14. The normalized spacial score (nSPS) is 11.7. The maximum absolute atomic E-state index is 11.5. The largest absolute Gasteiger partial charge is 0.493 e. The fourth-order valence-electron chi connectivity index (χ4n) is 3.18. The van der Waals surface area contributed by atoms with Gasteiger partial charge in [0, 0.05) is 18.3 Å². The van der Waals surface area contributed by atoms with Crippen LogP contribution in [0.4, 0.5) is 0 Å². The molecule has 31 heavy (non-hydrogen) atoms. The second kappa shape index (κ2) is 11.9. The Morgan fingerprint density at radius 1 is 0.710 bits per heavy atom. The van der Waals surface area contributed by atoms with Crippen molar-refractivity contribution in [3.63, 3.8) is 0 Å². The van der Waals surface area contributed by atoms with Gasteiger partial charge in [0.15, 0.2) is 11.6 Å². The lowest BCUT2D eigenvalue weighted by molar-refractivity contribution is -0.115. The van der Waals surface area contributed by atoms with Gasteiger partial charge >= 0.3 is 0 Å². The molecule has 0 bridgehead atoms. The summed E-state index contributed by atoms with van der Waals surface area (Å²) in [4.78, 5) is 23.0. The molecule has 0 atom stereocenters. The topological polar surface area (TPSA) is 52.6 Å². The number of rotatable bonds is 12. The summed E-state index contributed by atoms with van der Waals surface area (Å²) in [6.45, 7) is 8.73. The van der Waals surface area contributed by atoms with Crippen molar-refractivity contribution in [2.75, 3.05) is 13.2 Å². The van der Waals surface area contributed by atoms with Crippen LogP contribution in [0.15, 0.2) is 72.8 Å². The Bertz CT molecular complexity index is 828. The molecule has 2 aromatic rings. The molecule has 4 heteroatoms. The average molecular weight is 421 g/mol. The van der Waals surface area contributed by atoms with Gasteiger partial charge in [-0.25, -0.2) is 0 Å². The lowest BCUT2D eigenvalue weighted by atomic mass is 9.78. The van der Waals surface area contributed by atoms with Crippen molar-refractivity contribution in [2.45, 2.75) is 46.0 Å². The van der Waals surface area contributed by atoms with Crippen molar-refractivity contribution < 1.29 is 19.1 Å². The Balaban J connectivity index is 1.94. The highest BCUT2D eigenvalue weighted by Crippen LogP contribution is 2.33. The van der Waals surface area contributed by atoms with Gasteiger partial charge in [-0.05, 0) is 61.4 Å². The van der Waals surface area contributed by atoms with Crippen LogP contribution in [0, 0.1) is 0 Å². The molecule has 0 spiro atoms. The van der Waals surface area contributed by atoms with Gasteiger partial charge in [0.05, 0.1) is 13.2 Å². The third-order valence-corrected chi connectivity index (χ3v) is 5.09. The molecule has 0 aliphatic carbocycles. The van der Waals surface area contributed by atoms with Gasteiger partial charge in [-0.2, -0.15) is 0 Å². The third-order valence-electron chi connectivity index (χ3n) is 5.09. The minimum atomic E-state index is -0.194. The van der Waals surface area contributed by atoms with E-state index in [2.05, 4.69) is 38.1 Å². The number of hydrogen-bond donors (Lipinski definition) is 0. The maximum atomic E-state index is 11.5. The maximum Gasteiger partial charge on any atom is 0.158 e. The number of ether oxygens (including phenoxy) is 2. The molecule has 2 rings (SSSR count). The first kappa shape index (κ1) is 24.1. The van der Waals surface area contributed by atoms with E-state index in [4.69, 9.17) is 9.47 Å². The zero-order valence-corrected chi connectivity index (χ0v) is 18.9. The van der Waals surface area contributed by atoms with Gasteiger partial charge in [0.25, 0.3) is 0 Å². The van der Waals surface area contributed by atoms with Crippen LogP contribution < -0.4 is 9.47 Å². The van der Waals surface area contributed by atoms with Crippen LogP contribution in [-0.2, 0) is 15.0 Å². The van der Waals surface area contributed by atoms with Crippen molar-refractivity contribution >= 4 is 11.6 Å². The highest BCUT2D eigenvalue weighted by molar-refractivity contribution is 5.89. The van der Waals surface area contributed by atoms with Crippen LogP contribution in [0.3, 0.4) is 0 Å². The van der Waals surface area contributed by atoms with E-state index < -0.39 is 0 Å². The molecule has 0 saturated carbocycles. The number of carbonyl (C=O) groups excluding carboxylic acids is 2. The van der Waals surface area contributed by atoms with Crippen molar-refractivity contribution in [1.29, 1.82) is 0 Å². The van der Waals surface area contributed by atoms with Crippen molar-refractivity contribution in [3.05, 3.63) is 84.0 Å². The molecule has 0 fully saturated rings. The summed E-state index contributed by atoms with van der Waals surface area (Å²) in [5.74, 6) is 1.64. The fraction of sp³-hybridized carbons (Fsp3) is 0.333. The van der Waals surface area contributed by atoms with Gasteiger partial charge in [-0.3, -0.25) is 9.59 Å². The summed E-state index contributed by atoms with van der Waals surface area (Å²) in [5, 5.41) is 0. The molecule has 0 saturated heterocycles. The van der Waals surface area contributed by atoms with Gasteiger partial charge in [0.1, 0.15) is 11.5 Å². The number of ketones is 2.